The summed E-state index contributed by atoms with van der Waals surface area (Å²) in [5, 5.41) is 16.4. The van der Waals surface area contributed by atoms with E-state index in [4.69, 9.17) is 4.74 Å². The van der Waals surface area contributed by atoms with Crippen LogP contribution < -0.4 is 10.6 Å². The van der Waals surface area contributed by atoms with Gasteiger partial charge in [0.05, 0.1) is 6.04 Å². The Hall–Kier alpha value is -2.76. The van der Waals surface area contributed by atoms with Crippen molar-refractivity contribution in [3.8, 4) is 5.75 Å². The summed E-state index contributed by atoms with van der Waals surface area (Å²) in [5.74, 6) is -1.08. The number of phenolic OH excluding ortho intramolecular Hbond substituents is 1. The van der Waals surface area contributed by atoms with Crippen molar-refractivity contribution in [2.45, 2.75) is 58.4 Å². The van der Waals surface area contributed by atoms with Crippen LogP contribution in [0.5, 0.6) is 5.75 Å². The fourth-order valence-electron chi connectivity index (χ4n) is 3.45. The predicted octanol–water partition coefficient (Wildman–Crippen LogP) is 4.20. The van der Waals surface area contributed by atoms with Gasteiger partial charge in [0.15, 0.2) is 0 Å². The van der Waals surface area contributed by atoms with Crippen LogP contribution in [0.1, 0.15) is 64.3 Å². The van der Waals surface area contributed by atoms with Gasteiger partial charge in [0.25, 0.3) is 0 Å². The molecule has 1 saturated heterocycles. The lowest BCUT2D eigenvalue weighted by Crippen LogP contribution is -2.51. The average molecular weight is 401 g/mol. The Morgan fingerprint density at radius 2 is 1.69 bits per heavy atom. The molecule has 0 spiro atoms. The highest BCUT2D eigenvalue weighted by Gasteiger charge is 2.40. The standard InChI is InChI=1S/C23H32N2O4/c1-9-10-29-20(27)17-13(2)24-21(28)25-18(17)14-11-15(22(3,4)5)19(26)16(12-14)23(6,7)8/h9,11-12,17-18,26H,1-2,10H2,3-8H3,(H2,24,25,28)/t17-,18+/m1/s1. The van der Waals surface area contributed by atoms with Crippen LogP contribution in [-0.4, -0.2) is 23.7 Å². The lowest BCUT2D eigenvalue weighted by molar-refractivity contribution is -0.147. The van der Waals surface area contributed by atoms with Crippen LogP contribution in [0.2, 0.25) is 0 Å². The van der Waals surface area contributed by atoms with Crippen LogP contribution in [0.15, 0.2) is 37.1 Å². The topological polar surface area (TPSA) is 87.7 Å². The lowest BCUT2D eigenvalue weighted by atomic mass is 9.76. The van der Waals surface area contributed by atoms with Crippen LogP contribution in [-0.2, 0) is 20.4 Å². The van der Waals surface area contributed by atoms with E-state index in [1.807, 2.05) is 53.7 Å². The molecule has 158 valence electrons. The Labute approximate surface area is 173 Å². The minimum absolute atomic E-state index is 0.0688. The Kier molecular flexibility index (Phi) is 6.16. The van der Waals surface area contributed by atoms with Crippen LogP contribution in [0, 0.1) is 5.92 Å². The average Bonchev–Trinajstić information content (AvgIpc) is 2.57. The second-order valence-corrected chi connectivity index (χ2v) is 9.46. The lowest BCUT2D eigenvalue weighted by Gasteiger charge is -2.35. The normalized spacial score (nSPS) is 19.9. The third kappa shape index (κ3) is 4.81. The van der Waals surface area contributed by atoms with Gasteiger partial charge in [0, 0.05) is 5.70 Å². The first-order valence-corrected chi connectivity index (χ1v) is 9.69. The Morgan fingerprint density at radius 1 is 1.17 bits per heavy atom. The SMILES string of the molecule is C=CCOC(=O)[C@@H]1C(=C)NC(=O)N[C@H]1c1cc(C(C)(C)C)c(O)c(C(C)(C)C)c1. The predicted molar refractivity (Wildman–Crippen MR) is 114 cm³/mol. The number of benzene rings is 1. The molecule has 0 aromatic heterocycles. The van der Waals surface area contributed by atoms with Gasteiger partial charge >= 0.3 is 12.0 Å². The number of aromatic hydroxyl groups is 1. The highest BCUT2D eigenvalue weighted by Crippen LogP contribution is 2.42. The summed E-state index contributed by atoms with van der Waals surface area (Å²) in [7, 11) is 0. The highest BCUT2D eigenvalue weighted by atomic mass is 16.5. The van der Waals surface area contributed by atoms with E-state index in [9.17, 15) is 14.7 Å². The van der Waals surface area contributed by atoms with Crippen molar-refractivity contribution < 1.29 is 19.4 Å². The van der Waals surface area contributed by atoms with Gasteiger partial charge in [-0.25, -0.2) is 4.79 Å². The van der Waals surface area contributed by atoms with Crippen molar-refractivity contribution >= 4 is 12.0 Å². The molecule has 1 aliphatic heterocycles. The van der Waals surface area contributed by atoms with Gasteiger partial charge in [0.1, 0.15) is 18.3 Å². The largest absolute Gasteiger partial charge is 0.507 e. The first kappa shape index (κ1) is 22.5. The van der Waals surface area contributed by atoms with E-state index < -0.39 is 24.0 Å². The Balaban J connectivity index is 2.67. The molecule has 0 saturated carbocycles. The fourth-order valence-corrected chi connectivity index (χ4v) is 3.45. The van der Waals surface area contributed by atoms with E-state index >= 15 is 0 Å². The van der Waals surface area contributed by atoms with E-state index in [1.54, 1.807) is 0 Å². The van der Waals surface area contributed by atoms with Gasteiger partial charge in [0.2, 0.25) is 0 Å². The zero-order valence-electron chi connectivity index (χ0n) is 18.2. The number of amides is 2. The van der Waals surface area contributed by atoms with Crippen LogP contribution in [0.4, 0.5) is 4.79 Å². The summed E-state index contributed by atoms with van der Waals surface area (Å²) < 4.78 is 5.25. The third-order valence-electron chi connectivity index (χ3n) is 4.97. The quantitative estimate of drug-likeness (QED) is 0.522. The molecule has 1 heterocycles. The number of carbonyl (C=O) groups is 2. The number of urea groups is 1. The summed E-state index contributed by atoms with van der Waals surface area (Å²) in [5.41, 5.74) is 1.80. The zero-order valence-corrected chi connectivity index (χ0v) is 18.2. The molecule has 29 heavy (non-hydrogen) atoms. The molecule has 1 aromatic rings. The summed E-state index contributed by atoms with van der Waals surface area (Å²) in [6.07, 6.45) is 1.49. The van der Waals surface area contributed by atoms with Gasteiger partial charge in [-0.1, -0.05) is 60.8 Å². The smallest absolute Gasteiger partial charge is 0.319 e. The molecule has 2 amide bonds. The number of rotatable bonds is 4. The molecule has 6 heteroatoms. The van der Waals surface area contributed by atoms with Crippen molar-refractivity contribution in [2.75, 3.05) is 6.61 Å². The minimum atomic E-state index is -0.808. The molecule has 0 bridgehead atoms. The Bertz CT molecular complexity index is 808. The molecule has 1 aliphatic rings. The van der Waals surface area contributed by atoms with Gasteiger partial charge < -0.3 is 20.5 Å². The van der Waals surface area contributed by atoms with E-state index in [0.29, 0.717) is 5.56 Å². The molecule has 2 rings (SSSR count). The van der Waals surface area contributed by atoms with Crippen molar-refractivity contribution in [3.63, 3.8) is 0 Å². The number of hydrogen-bond donors (Lipinski definition) is 3. The van der Waals surface area contributed by atoms with E-state index in [0.717, 1.165) is 11.1 Å². The maximum atomic E-state index is 12.7. The molecular weight excluding hydrogens is 368 g/mol. The fraction of sp³-hybridized carbons (Fsp3) is 0.478. The van der Waals surface area contributed by atoms with Crippen molar-refractivity contribution in [3.05, 3.63) is 53.8 Å². The summed E-state index contributed by atoms with van der Waals surface area (Å²) in [6, 6.07) is 2.59. The van der Waals surface area contributed by atoms with Gasteiger partial charge in [-0.05, 0) is 39.7 Å². The molecule has 2 atom stereocenters. The number of phenols is 1. The minimum Gasteiger partial charge on any atom is -0.507 e. The monoisotopic (exact) mass is 400 g/mol. The van der Waals surface area contributed by atoms with Crippen LogP contribution in [0.25, 0.3) is 0 Å². The number of esters is 1. The molecule has 0 radical (unpaired) electrons. The number of carbonyl (C=O) groups excluding carboxylic acids is 2. The number of nitrogens with one attached hydrogen (secondary N) is 2. The van der Waals surface area contributed by atoms with Crippen LogP contribution in [0.3, 0.4) is 0 Å². The van der Waals surface area contributed by atoms with Crippen molar-refractivity contribution in [1.82, 2.24) is 10.6 Å². The second-order valence-electron chi connectivity index (χ2n) is 9.46. The molecule has 1 aromatic carbocycles. The van der Waals surface area contributed by atoms with E-state index in [2.05, 4.69) is 23.8 Å². The van der Waals surface area contributed by atoms with Gasteiger partial charge in [-0.3, -0.25) is 4.79 Å². The first-order chi connectivity index (χ1) is 13.3. The maximum Gasteiger partial charge on any atom is 0.319 e. The van der Waals surface area contributed by atoms with Gasteiger partial charge in [-0.15, -0.1) is 0 Å². The summed E-state index contributed by atoms with van der Waals surface area (Å²) >= 11 is 0. The van der Waals surface area contributed by atoms with Crippen molar-refractivity contribution in [1.29, 1.82) is 0 Å². The molecule has 3 N–H and O–H groups in total. The van der Waals surface area contributed by atoms with E-state index in [1.165, 1.54) is 6.08 Å². The summed E-state index contributed by atoms with van der Waals surface area (Å²) in [6.45, 7) is 19.5. The van der Waals surface area contributed by atoms with E-state index in [-0.39, 0.29) is 28.9 Å². The molecule has 6 nitrogen and oxygen atoms in total. The third-order valence-corrected chi connectivity index (χ3v) is 4.97. The number of hydrogen-bond acceptors (Lipinski definition) is 4. The Morgan fingerprint density at radius 3 is 2.14 bits per heavy atom. The first-order valence-electron chi connectivity index (χ1n) is 9.69. The zero-order chi connectivity index (χ0) is 22.1. The second kappa shape index (κ2) is 7.93. The number of ether oxygens (including phenoxy) is 1. The molecule has 1 fully saturated rings. The molecular formula is C23H32N2O4. The molecule has 0 aliphatic carbocycles. The maximum absolute atomic E-state index is 12.7. The van der Waals surface area contributed by atoms with Gasteiger partial charge in [-0.2, -0.15) is 0 Å². The van der Waals surface area contributed by atoms with Crippen molar-refractivity contribution in [2.24, 2.45) is 5.92 Å². The summed E-state index contributed by atoms with van der Waals surface area (Å²) in [4.78, 5) is 24.9. The highest BCUT2D eigenvalue weighted by molar-refractivity contribution is 5.85. The van der Waals surface area contributed by atoms with Crippen LogP contribution >= 0.6 is 0 Å². The molecule has 0 unspecified atom stereocenters.